The van der Waals surface area contributed by atoms with Crippen LogP contribution in [0, 0.1) is 6.92 Å². The number of aromatic nitrogens is 3. The van der Waals surface area contributed by atoms with E-state index in [-0.39, 0.29) is 6.54 Å². The Balaban J connectivity index is 1.71. The summed E-state index contributed by atoms with van der Waals surface area (Å²) in [5.74, 6) is 1.33. The molecule has 146 valence electrons. The monoisotopic (exact) mass is 389 g/mol. The van der Waals surface area contributed by atoms with Crippen LogP contribution in [0.25, 0.3) is 0 Å². The third-order valence-corrected chi connectivity index (χ3v) is 3.78. The molecule has 0 unspecified atom stereocenters. The Morgan fingerprint density at radius 2 is 1.89 bits per heavy atom. The first-order valence-electron chi connectivity index (χ1n) is 8.36. The lowest BCUT2D eigenvalue weighted by Gasteiger charge is -2.11. The number of nitrogens with one attached hydrogen (secondary N) is 2. The van der Waals surface area contributed by atoms with Crippen LogP contribution in [0.5, 0.6) is 5.88 Å². The maximum Gasteiger partial charge on any atom is 0.416 e. The van der Waals surface area contributed by atoms with E-state index in [1.54, 1.807) is 37.4 Å². The standard InChI is InChI=1S/C19H18F3N5O/c1-12-8-16(23-10-13-4-3-5-14(9-13)19(20,21)22)27-18(25-12)26-15-6-7-17(28-2)24-11-15/h3-9,11H,10H2,1-2H3,(H2,23,25,26,27). The molecule has 1 aromatic carbocycles. The van der Waals surface area contributed by atoms with Gasteiger partial charge in [-0.15, -0.1) is 0 Å². The van der Waals surface area contributed by atoms with Crippen molar-refractivity contribution in [2.45, 2.75) is 19.6 Å². The Morgan fingerprint density at radius 3 is 2.57 bits per heavy atom. The summed E-state index contributed by atoms with van der Waals surface area (Å²) < 4.78 is 43.5. The van der Waals surface area contributed by atoms with Gasteiger partial charge in [0.2, 0.25) is 11.8 Å². The smallest absolute Gasteiger partial charge is 0.416 e. The molecular formula is C19H18F3N5O. The van der Waals surface area contributed by atoms with Crippen LogP contribution in [0.15, 0.2) is 48.7 Å². The highest BCUT2D eigenvalue weighted by atomic mass is 19.4. The van der Waals surface area contributed by atoms with Crippen molar-refractivity contribution in [2.75, 3.05) is 17.7 Å². The summed E-state index contributed by atoms with van der Waals surface area (Å²) in [4.78, 5) is 12.7. The number of rotatable bonds is 6. The van der Waals surface area contributed by atoms with E-state index < -0.39 is 11.7 Å². The Morgan fingerprint density at radius 1 is 1.07 bits per heavy atom. The normalized spacial score (nSPS) is 11.2. The number of ether oxygens (including phenoxy) is 1. The van der Waals surface area contributed by atoms with Crippen molar-refractivity contribution in [3.8, 4) is 5.88 Å². The summed E-state index contributed by atoms with van der Waals surface area (Å²) in [6.07, 6.45) is -2.79. The second kappa shape index (κ2) is 8.12. The predicted octanol–water partition coefficient (Wildman–Crippen LogP) is 4.56. The first-order valence-corrected chi connectivity index (χ1v) is 8.36. The van der Waals surface area contributed by atoms with Gasteiger partial charge in [-0.25, -0.2) is 9.97 Å². The van der Waals surface area contributed by atoms with Crippen LogP contribution in [0.1, 0.15) is 16.8 Å². The molecule has 28 heavy (non-hydrogen) atoms. The summed E-state index contributed by atoms with van der Waals surface area (Å²) in [7, 11) is 1.53. The number of anilines is 3. The summed E-state index contributed by atoms with van der Waals surface area (Å²) in [5.41, 5.74) is 1.20. The molecule has 0 amide bonds. The molecule has 0 aliphatic carbocycles. The molecule has 0 bridgehead atoms. The molecule has 2 aromatic heterocycles. The quantitative estimate of drug-likeness (QED) is 0.644. The molecule has 0 saturated heterocycles. The molecular weight excluding hydrogens is 371 g/mol. The molecule has 3 aromatic rings. The van der Waals surface area contributed by atoms with Gasteiger partial charge >= 0.3 is 6.18 Å². The zero-order chi connectivity index (χ0) is 20.1. The van der Waals surface area contributed by atoms with Crippen LogP contribution < -0.4 is 15.4 Å². The maximum atomic E-state index is 12.8. The lowest BCUT2D eigenvalue weighted by Crippen LogP contribution is -2.08. The van der Waals surface area contributed by atoms with Crippen LogP contribution in [-0.4, -0.2) is 22.1 Å². The van der Waals surface area contributed by atoms with Crippen LogP contribution in [0.3, 0.4) is 0 Å². The average molecular weight is 389 g/mol. The average Bonchev–Trinajstić information content (AvgIpc) is 2.66. The van der Waals surface area contributed by atoms with Gasteiger partial charge < -0.3 is 15.4 Å². The third kappa shape index (κ3) is 5.09. The molecule has 0 spiro atoms. The summed E-state index contributed by atoms with van der Waals surface area (Å²) in [6.45, 7) is 2.00. The molecule has 6 nitrogen and oxygen atoms in total. The molecule has 9 heteroatoms. The number of aryl methyl sites for hydroxylation is 1. The molecule has 3 rings (SSSR count). The van der Waals surface area contributed by atoms with Crippen molar-refractivity contribution in [3.63, 3.8) is 0 Å². The number of benzene rings is 1. The zero-order valence-electron chi connectivity index (χ0n) is 15.2. The third-order valence-electron chi connectivity index (χ3n) is 3.78. The molecule has 0 fully saturated rings. The van der Waals surface area contributed by atoms with Gasteiger partial charge in [0.15, 0.2) is 0 Å². The van der Waals surface area contributed by atoms with E-state index >= 15 is 0 Å². The molecule has 0 saturated carbocycles. The first kappa shape index (κ1) is 19.4. The van der Waals surface area contributed by atoms with Gasteiger partial charge in [0, 0.05) is 24.4 Å². The van der Waals surface area contributed by atoms with E-state index in [2.05, 4.69) is 25.6 Å². The SMILES string of the molecule is COc1ccc(Nc2nc(C)cc(NCc3cccc(C(F)(F)F)c3)n2)cn1. The van der Waals surface area contributed by atoms with E-state index in [1.165, 1.54) is 13.2 Å². The second-order valence-electron chi connectivity index (χ2n) is 5.98. The largest absolute Gasteiger partial charge is 0.481 e. The van der Waals surface area contributed by atoms with E-state index in [4.69, 9.17) is 4.74 Å². The molecule has 0 aliphatic heterocycles. The fraction of sp³-hybridized carbons (Fsp3) is 0.211. The first-order chi connectivity index (χ1) is 13.3. The molecule has 2 heterocycles. The fourth-order valence-electron chi connectivity index (χ4n) is 2.47. The Bertz CT molecular complexity index is 945. The van der Waals surface area contributed by atoms with Crippen LogP contribution in [-0.2, 0) is 12.7 Å². The molecule has 2 N–H and O–H groups in total. The Kier molecular flexibility index (Phi) is 5.62. The van der Waals surface area contributed by atoms with Crippen molar-refractivity contribution >= 4 is 17.5 Å². The summed E-state index contributed by atoms with van der Waals surface area (Å²) in [5, 5.41) is 6.07. The van der Waals surface area contributed by atoms with Gasteiger partial charge in [0.05, 0.1) is 24.6 Å². The number of hydrogen-bond donors (Lipinski definition) is 2. The van der Waals surface area contributed by atoms with Gasteiger partial charge in [-0.3, -0.25) is 0 Å². The Labute approximate surface area is 159 Å². The van der Waals surface area contributed by atoms with Crippen molar-refractivity contribution < 1.29 is 17.9 Å². The minimum atomic E-state index is -4.37. The van der Waals surface area contributed by atoms with Gasteiger partial charge in [-0.2, -0.15) is 18.2 Å². The number of nitrogens with zero attached hydrogens (tertiary/aromatic N) is 3. The van der Waals surface area contributed by atoms with Crippen molar-refractivity contribution in [3.05, 3.63) is 65.5 Å². The fourth-order valence-corrected chi connectivity index (χ4v) is 2.47. The zero-order valence-corrected chi connectivity index (χ0v) is 15.2. The lowest BCUT2D eigenvalue weighted by atomic mass is 10.1. The minimum absolute atomic E-state index is 0.198. The van der Waals surface area contributed by atoms with Crippen LogP contribution >= 0.6 is 0 Å². The van der Waals surface area contributed by atoms with Gasteiger partial charge in [-0.1, -0.05) is 12.1 Å². The molecule has 0 aliphatic rings. The van der Waals surface area contributed by atoms with E-state index in [0.29, 0.717) is 34.6 Å². The highest BCUT2D eigenvalue weighted by Gasteiger charge is 2.30. The predicted molar refractivity (Wildman–Crippen MR) is 99.6 cm³/mol. The van der Waals surface area contributed by atoms with Gasteiger partial charge in [0.1, 0.15) is 5.82 Å². The topological polar surface area (TPSA) is 72.0 Å². The van der Waals surface area contributed by atoms with Crippen molar-refractivity contribution in [1.82, 2.24) is 15.0 Å². The number of alkyl halides is 3. The Hall–Kier alpha value is -3.36. The number of methoxy groups -OCH3 is 1. The summed E-state index contributed by atoms with van der Waals surface area (Å²) >= 11 is 0. The van der Waals surface area contributed by atoms with Crippen molar-refractivity contribution in [2.24, 2.45) is 0 Å². The molecule has 0 radical (unpaired) electrons. The van der Waals surface area contributed by atoms with E-state index in [9.17, 15) is 13.2 Å². The number of halogens is 3. The van der Waals surface area contributed by atoms with E-state index in [0.717, 1.165) is 12.1 Å². The number of hydrogen-bond acceptors (Lipinski definition) is 6. The molecule has 0 atom stereocenters. The minimum Gasteiger partial charge on any atom is -0.481 e. The van der Waals surface area contributed by atoms with Crippen LogP contribution in [0.2, 0.25) is 0 Å². The summed E-state index contributed by atoms with van der Waals surface area (Å²) in [6, 6.07) is 10.4. The van der Waals surface area contributed by atoms with Crippen molar-refractivity contribution in [1.29, 1.82) is 0 Å². The lowest BCUT2D eigenvalue weighted by molar-refractivity contribution is -0.137. The van der Waals surface area contributed by atoms with Gasteiger partial charge in [0.25, 0.3) is 0 Å². The maximum absolute atomic E-state index is 12.8. The van der Waals surface area contributed by atoms with E-state index in [1.807, 2.05) is 0 Å². The highest BCUT2D eigenvalue weighted by Crippen LogP contribution is 2.29. The van der Waals surface area contributed by atoms with Gasteiger partial charge in [-0.05, 0) is 30.7 Å². The highest BCUT2D eigenvalue weighted by molar-refractivity contribution is 5.54. The van der Waals surface area contributed by atoms with Crippen LogP contribution in [0.4, 0.5) is 30.6 Å². The second-order valence-corrected chi connectivity index (χ2v) is 5.98. The number of pyridine rings is 1.